The van der Waals surface area contributed by atoms with Gasteiger partial charge in [-0.15, -0.1) is 6.42 Å². The molecule has 9 rings (SSSR count). The number of benzene rings is 2. The third kappa shape index (κ3) is 10.0. The van der Waals surface area contributed by atoms with Gasteiger partial charge in [0.15, 0.2) is 51.3 Å². The Bertz CT molecular complexity index is 2880. The lowest BCUT2D eigenvalue weighted by molar-refractivity contribution is -0.133. The highest BCUT2D eigenvalue weighted by Gasteiger charge is 2.29. The Morgan fingerprint density at radius 3 is 2.52 bits per heavy atom. The van der Waals surface area contributed by atoms with E-state index in [1.165, 1.54) is 24.2 Å². The number of hydrogen-bond donors (Lipinski definition) is 2. The summed E-state index contributed by atoms with van der Waals surface area (Å²) in [5.41, 5.74) is 15.1. The standard InChI is InChI=1S/C45H43BrCl2FN11O6S/c1-2-32(38-30(47)3-4-31(49)39(38)48)66-35-17-26(20-52-41(35)50)27-21-55-60(22-27)28-8-13-58(14-9-28)45(62)63-16-10-37(61)57-11-5-25(6-12-57)7-15-59-43-40(42(51)53-23-54-43)56-44(59)67-36-19-34-33(18-29(36)46)64-24-65-34/h1,3-4,17-23,25,28,32H,5-16,24H2,(H2,50,52)(H2,51,53,54)/t32-/m1/s1. The highest BCUT2D eigenvalue weighted by molar-refractivity contribution is 9.10. The van der Waals surface area contributed by atoms with Gasteiger partial charge in [-0.05, 0) is 84.3 Å². The third-order valence-electron chi connectivity index (χ3n) is 12.1. The van der Waals surface area contributed by atoms with E-state index in [2.05, 4.69) is 46.5 Å². The second-order valence-corrected chi connectivity index (χ2v) is 18.8. The number of nitrogen functional groups attached to an aromatic ring is 2. The largest absolute Gasteiger partial charge is 0.469 e. The molecule has 1 atom stereocenters. The Kier molecular flexibility index (Phi) is 13.8. The molecular weight excluding hydrogens is 992 g/mol. The van der Waals surface area contributed by atoms with Gasteiger partial charge in [0.2, 0.25) is 12.7 Å². The van der Waals surface area contributed by atoms with Gasteiger partial charge in [-0.1, -0.05) is 40.9 Å². The van der Waals surface area contributed by atoms with E-state index in [1.54, 1.807) is 23.4 Å². The van der Waals surface area contributed by atoms with Gasteiger partial charge < -0.3 is 44.8 Å². The molecule has 22 heteroatoms. The molecule has 4 aromatic heterocycles. The third-order valence-corrected chi connectivity index (χ3v) is 14.8. The molecule has 4 N–H and O–H groups in total. The van der Waals surface area contributed by atoms with E-state index in [0.29, 0.717) is 85.5 Å². The summed E-state index contributed by atoms with van der Waals surface area (Å²) in [6.45, 7) is 3.03. The van der Waals surface area contributed by atoms with Gasteiger partial charge in [0.1, 0.15) is 18.8 Å². The molecule has 2 amide bonds. The molecule has 2 fully saturated rings. The topological polar surface area (TPSA) is 204 Å². The summed E-state index contributed by atoms with van der Waals surface area (Å²) >= 11 is 17.6. The lowest BCUT2D eigenvalue weighted by Gasteiger charge is -2.33. The smallest absolute Gasteiger partial charge is 0.409 e. The Morgan fingerprint density at radius 2 is 1.75 bits per heavy atom. The maximum atomic E-state index is 14.3. The minimum Gasteiger partial charge on any atom is -0.469 e. The number of terminal acetylenes is 1. The van der Waals surface area contributed by atoms with Gasteiger partial charge in [-0.3, -0.25) is 9.48 Å². The fraction of sp³-hybridized carbons (Fsp3) is 0.356. The summed E-state index contributed by atoms with van der Waals surface area (Å²) in [5.74, 6) is 4.01. The average molecular weight is 1040 g/mol. The molecule has 0 radical (unpaired) electrons. The second kappa shape index (κ2) is 20.1. The van der Waals surface area contributed by atoms with Crippen molar-refractivity contribution in [1.82, 2.24) is 44.1 Å². The van der Waals surface area contributed by atoms with Crippen LogP contribution in [0.1, 0.15) is 56.2 Å². The highest BCUT2D eigenvalue weighted by atomic mass is 79.9. The normalized spacial score (nSPS) is 15.7. The van der Waals surface area contributed by atoms with Crippen LogP contribution in [0.15, 0.2) is 69.8 Å². The number of likely N-dealkylation sites (tertiary alicyclic amines) is 2. The van der Waals surface area contributed by atoms with Crippen molar-refractivity contribution in [2.75, 3.05) is 51.0 Å². The van der Waals surface area contributed by atoms with E-state index in [0.717, 1.165) is 45.4 Å². The molecule has 0 unspecified atom stereocenters. The molecule has 17 nitrogen and oxygen atoms in total. The Morgan fingerprint density at radius 1 is 0.985 bits per heavy atom. The number of imidazole rings is 1. The molecule has 0 bridgehead atoms. The minimum atomic E-state index is -1.14. The van der Waals surface area contributed by atoms with E-state index >= 15 is 0 Å². The van der Waals surface area contributed by atoms with Crippen LogP contribution in [0.25, 0.3) is 22.3 Å². The van der Waals surface area contributed by atoms with Crippen LogP contribution in [0.3, 0.4) is 0 Å². The molecule has 2 saturated heterocycles. The van der Waals surface area contributed by atoms with E-state index in [9.17, 15) is 14.0 Å². The van der Waals surface area contributed by atoms with Crippen LogP contribution in [-0.4, -0.2) is 95.7 Å². The average Bonchev–Trinajstić information content (AvgIpc) is 4.10. The predicted molar refractivity (Wildman–Crippen MR) is 252 cm³/mol. The molecular formula is C45H43BrCl2FN11O6S. The number of hydrogen-bond acceptors (Lipinski definition) is 14. The predicted octanol–water partition coefficient (Wildman–Crippen LogP) is 8.58. The number of halogens is 4. The zero-order valence-electron chi connectivity index (χ0n) is 35.7. The summed E-state index contributed by atoms with van der Waals surface area (Å²) in [6.07, 6.45) is 14.7. The summed E-state index contributed by atoms with van der Waals surface area (Å²) in [5, 5.41) is 5.22. The fourth-order valence-electron chi connectivity index (χ4n) is 8.34. The molecule has 0 spiro atoms. The van der Waals surface area contributed by atoms with Crippen molar-refractivity contribution in [2.45, 2.75) is 67.3 Å². The summed E-state index contributed by atoms with van der Waals surface area (Å²) < 4.78 is 41.7. The number of pyridine rings is 1. The van der Waals surface area contributed by atoms with Gasteiger partial charge in [0, 0.05) is 71.2 Å². The first kappa shape index (κ1) is 46.1. The monoisotopic (exact) mass is 1030 g/mol. The van der Waals surface area contributed by atoms with Crippen LogP contribution in [0.2, 0.25) is 10.0 Å². The van der Waals surface area contributed by atoms with Gasteiger partial charge in [0.05, 0.1) is 28.7 Å². The first-order chi connectivity index (χ1) is 32.4. The molecule has 7 heterocycles. The van der Waals surface area contributed by atoms with Crippen LogP contribution < -0.4 is 25.7 Å². The van der Waals surface area contributed by atoms with Crippen LogP contribution in [0.4, 0.5) is 20.8 Å². The minimum absolute atomic E-state index is 0.00436. The number of fused-ring (bicyclic) bond motifs is 2. The second-order valence-electron chi connectivity index (χ2n) is 16.1. The van der Waals surface area contributed by atoms with Crippen molar-refractivity contribution >= 4 is 85.7 Å². The highest BCUT2D eigenvalue weighted by Crippen LogP contribution is 2.44. The van der Waals surface area contributed by atoms with Gasteiger partial charge in [-0.2, -0.15) is 5.10 Å². The molecule has 3 aliphatic rings. The van der Waals surface area contributed by atoms with Crippen molar-refractivity contribution in [1.29, 1.82) is 0 Å². The number of carbonyl (C=O) groups excluding carboxylic acids is 2. The quantitative estimate of drug-likeness (QED) is 0.0822. The number of nitrogens with zero attached hydrogens (tertiary/aromatic N) is 9. The zero-order chi connectivity index (χ0) is 46.8. The number of aromatic nitrogens is 7. The van der Waals surface area contributed by atoms with Crippen LogP contribution in [-0.2, 0) is 16.1 Å². The molecule has 67 heavy (non-hydrogen) atoms. The molecule has 6 aromatic rings. The van der Waals surface area contributed by atoms with Gasteiger partial charge >= 0.3 is 6.09 Å². The van der Waals surface area contributed by atoms with E-state index < -0.39 is 18.0 Å². The van der Waals surface area contributed by atoms with Gasteiger partial charge in [0.25, 0.3) is 0 Å². The maximum Gasteiger partial charge on any atom is 0.409 e. The number of nitrogens with two attached hydrogens (primary N) is 2. The number of piperidine rings is 2. The number of amides is 2. The van der Waals surface area contributed by atoms with Gasteiger partial charge in [-0.25, -0.2) is 29.1 Å². The van der Waals surface area contributed by atoms with Crippen LogP contribution in [0, 0.1) is 24.1 Å². The van der Waals surface area contributed by atoms with Crippen LogP contribution >= 0.6 is 50.9 Å². The lowest BCUT2D eigenvalue weighted by Crippen LogP contribution is -2.41. The number of ether oxygens (including phenoxy) is 4. The zero-order valence-corrected chi connectivity index (χ0v) is 39.7. The van der Waals surface area contributed by atoms with Crippen molar-refractivity contribution in [3.05, 3.63) is 81.1 Å². The molecule has 0 aliphatic carbocycles. The Labute approximate surface area is 406 Å². The van der Waals surface area contributed by atoms with E-state index in [1.807, 2.05) is 27.9 Å². The van der Waals surface area contributed by atoms with Crippen LogP contribution in [0.5, 0.6) is 17.2 Å². The van der Waals surface area contributed by atoms with Crippen molar-refractivity contribution in [2.24, 2.45) is 5.92 Å². The van der Waals surface area contributed by atoms with Crippen molar-refractivity contribution in [3.8, 4) is 40.7 Å². The lowest BCUT2D eigenvalue weighted by atomic mass is 9.93. The molecule has 0 saturated carbocycles. The molecule has 348 valence electrons. The number of rotatable bonds is 13. The van der Waals surface area contributed by atoms with E-state index in [4.69, 9.17) is 65.0 Å². The molecule has 3 aliphatic heterocycles. The van der Waals surface area contributed by atoms with Crippen molar-refractivity contribution < 1.29 is 32.9 Å². The Balaban J connectivity index is 0.717. The van der Waals surface area contributed by atoms with Crippen molar-refractivity contribution in [3.63, 3.8) is 0 Å². The number of carbonyl (C=O) groups is 2. The SMILES string of the molecule is C#C[C@@H](Oc1cc(-c2cnn(C3CCN(C(=O)OCCC(=O)N4CCC(CCn5c(Sc6cc7c(cc6Br)OCO7)nc6c(N)ncnc65)CC4)CC3)c2)cnc1N)c1c(Cl)ccc(F)c1Cl. The number of aryl methyl sites for hydroxylation is 1. The first-order valence-electron chi connectivity index (χ1n) is 21.4. The fourth-order valence-corrected chi connectivity index (χ4v) is 10.4. The molecule has 2 aromatic carbocycles. The Hall–Kier alpha value is -6.01. The summed E-state index contributed by atoms with van der Waals surface area (Å²) in [7, 11) is 0. The number of anilines is 2. The summed E-state index contributed by atoms with van der Waals surface area (Å²) in [6, 6.07) is 8.00. The maximum absolute atomic E-state index is 14.3. The first-order valence-corrected chi connectivity index (χ1v) is 23.8. The summed E-state index contributed by atoms with van der Waals surface area (Å²) in [4.78, 5) is 48.4. The van der Waals surface area contributed by atoms with E-state index in [-0.39, 0.29) is 58.9 Å².